The molecule has 0 spiro atoms. The number of hydrogen-bond acceptors (Lipinski definition) is 5. The van der Waals surface area contributed by atoms with E-state index in [4.69, 9.17) is 0 Å². The molecule has 0 radical (unpaired) electrons. The van der Waals surface area contributed by atoms with E-state index < -0.39 is 11.9 Å². The molecule has 6 nitrogen and oxygen atoms in total. The quantitative estimate of drug-likeness (QED) is 0.855. The van der Waals surface area contributed by atoms with Crippen LogP contribution in [0, 0.1) is 11.8 Å². The first-order valence-electron chi connectivity index (χ1n) is 6.64. The van der Waals surface area contributed by atoms with E-state index in [0.29, 0.717) is 24.8 Å². The third kappa shape index (κ3) is 3.68. The van der Waals surface area contributed by atoms with Crippen LogP contribution >= 0.6 is 11.8 Å². The maximum Gasteiger partial charge on any atom is 0.308 e. The second kappa shape index (κ2) is 6.36. The number of rotatable bonds is 6. The molecule has 1 aliphatic heterocycles. The molecule has 0 amide bonds. The summed E-state index contributed by atoms with van der Waals surface area (Å²) in [5, 5.41) is 21.1. The molecule has 0 aromatic carbocycles. The maximum absolute atomic E-state index is 11.3. The van der Waals surface area contributed by atoms with Gasteiger partial charge in [0, 0.05) is 11.7 Å². The lowest BCUT2D eigenvalue weighted by Gasteiger charge is -2.16. The number of nitrogens with zero attached hydrogens (tertiary/aromatic N) is 4. The predicted octanol–water partition coefficient (Wildman–Crippen LogP) is 1.64. The van der Waals surface area contributed by atoms with Crippen molar-refractivity contribution in [2.24, 2.45) is 11.8 Å². The number of carbonyl (C=O) groups is 1. The van der Waals surface area contributed by atoms with E-state index >= 15 is 0 Å². The fraction of sp³-hybridized carbons (Fsp3) is 0.833. The minimum atomic E-state index is -0.768. The SMILES string of the molecule is CC(C)CC(Cn1nnnc1C1CCSC1)C(=O)O. The number of tetrazole rings is 1. The molecule has 19 heavy (non-hydrogen) atoms. The lowest BCUT2D eigenvalue weighted by Crippen LogP contribution is -2.24. The molecular formula is C12H20N4O2S. The van der Waals surface area contributed by atoms with Crippen molar-refractivity contribution in [2.45, 2.75) is 39.2 Å². The fourth-order valence-corrected chi connectivity index (χ4v) is 3.62. The van der Waals surface area contributed by atoms with Crippen LogP contribution in [0.15, 0.2) is 0 Å². The van der Waals surface area contributed by atoms with Crippen LogP contribution in [-0.2, 0) is 11.3 Å². The molecule has 106 valence electrons. The Morgan fingerprint density at radius 2 is 2.37 bits per heavy atom. The van der Waals surface area contributed by atoms with Crippen molar-refractivity contribution in [1.29, 1.82) is 0 Å². The molecule has 1 aromatic heterocycles. The smallest absolute Gasteiger partial charge is 0.308 e. The molecular weight excluding hydrogens is 264 g/mol. The van der Waals surface area contributed by atoms with Crippen molar-refractivity contribution in [3.63, 3.8) is 0 Å². The van der Waals surface area contributed by atoms with Gasteiger partial charge in [-0.2, -0.15) is 11.8 Å². The Bertz CT molecular complexity index is 429. The van der Waals surface area contributed by atoms with Crippen LogP contribution in [0.1, 0.15) is 38.4 Å². The van der Waals surface area contributed by atoms with E-state index in [0.717, 1.165) is 23.8 Å². The third-order valence-electron chi connectivity index (χ3n) is 3.35. The van der Waals surface area contributed by atoms with Crippen molar-refractivity contribution >= 4 is 17.7 Å². The van der Waals surface area contributed by atoms with Gasteiger partial charge in [-0.15, -0.1) is 5.10 Å². The average Bonchev–Trinajstić information content (AvgIpc) is 2.96. The van der Waals surface area contributed by atoms with Gasteiger partial charge in [0.2, 0.25) is 0 Å². The highest BCUT2D eigenvalue weighted by Gasteiger charge is 2.27. The Balaban J connectivity index is 2.08. The summed E-state index contributed by atoms with van der Waals surface area (Å²) in [6, 6.07) is 0. The summed E-state index contributed by atoms with van der Waals surface area (Å²) in [6.07, 6.45) is 1.72. The first kappa shape index (κ1) is 14.3. The normalized spacial score (nSPS) is 20.9. The van der Waals surface area contributed by atoms with Crippen LogP contribution in [0.3, 0.4) is 0 Å². The summed E-state index contributed by atoms with van der Waals surface area (Å²) in [5.41, 5.74) is 0. The highest BCUT2D eigenvalue weighted by Crippen LogP contribution is 2.31. The Morgan fingerprint density at radius 3 is 2.95 bits per heavy atom. The van der Waals surface area contributed by atoms with Gasteiger partial charge in [0.05, 0.1) is 12.5 Å². The lowest BCUT2D eigenvalue weighted by atomic mass is 9.97. The van der Waals surface area contributed by atoms with Gasteiger partial charge in [0.25, 0.3) is 0 Å². The molecule has 2 atom stereocenters. The minimum Gasteiger partial charge on any atom is -0.481 e. The molecule has 2 rings (SSSR count). The lowest BCUT2D eigenvalue weighted by molar-refractivity contribution is -0.142. The largest absolute Gasteiger partial charge is 0.481 e. The van der Waals surface area contributed by atoms with E-state index in [1.54, 1.807) is 4.68 Å². The molecule has 1 aliphatic rings. The van der Waals surface area contributed by atoms with E-state index in [9.17, 15) is 9.90 Å². The second-order valence-corrected chi connectivity index (χ2v) is 6.59. The zero-order chi connectivity index (χ0) is 13.8. The highest BCUT2D eigenvalue weighted by molar-refractivity contribution is 7.99. The Morgan fingerprint density at radius 1 is 1.58 bits per heavy atom. The van der Waals surface area contributed by atoms with Gasteiger partial charge in [-0.1, -0.05) is 13.8 Å². The zero-order valence-corrected chi connectivity index (χ0v) is 12.1. The van der Waals surface area contributed by atoms with Crippen molar-refractivity contribution in [2.75, 3.05) is 11.5 Å². The van der Waals surface area contributed by atoms with Crippen molar-refractivity contribution in [1.82, 2.24) is 20.2 Å². The molecule has 1 aromatic rings. The first-order chi connectivity index (χ1) is 9.08. The Hall–Kier alpha value is -1.11. The zero-order valence-electron chi connectivity index (χ0n) is 11.3. The third-order valence-corrected chi connectivity index (χ3v) is 4.52. The van der Waals surface area contributed by atoms with Crippen LogP contribution in [0.25, 0.3) is 0 Å². The number of carboxylic acid groups (broad SMARTS) is 1. The molecule has 0 bridgehead atoms. The average molecular weight is 284 g/mol. The molecule has 1 fully saturated rings. The van der Waals surface area contributed by atoms with Gasteiger partial charge in [-0.25, -0.2) is 4.68 Å². The van der Waals surface area contributed by atoms with E-state index in [1.165, 1.54) is 0 Å². The molecule has 2 unspecified atom stereocenters. The van der Waals surface area contributed by atoms with E-state index in [2.05, 4.69) is 15.5 Å². The highest BCUT2D eigenvalue weighted by atomic mass is 32.2. The second-order valence-electron chi connectivity index (χ2n) is 5.44. The topological polar surface area (TPSA) is 80.9 Å². The predicted molar refractivity (Wildman–Crippen MR) is 73.1 cm³/mol. The fourth-order valence-electron chi connectivity index (χ4n) is 2.40. The van der Waals surface area contributed by atoms with Gasteiger partial charge in [-0.3, -0.25) is 4.79 Å². The van der Waals surface area contributed by atoms with Crippen LogP contribution in [-0.4, -0.2) is 42.8 Å². The number of aliphatic carboxylic acids is 1. The van der Waals surface area contributed by atoms with Gasteiger partial charge in [-0.05, 0) is 34.9 Å². The standard InChI is InChI=1S/C12H20N4O2S/c1-8(2)5-10(12(17)18)6-16-11(13-14-15-16)9-3-4-19-7-9/h8-10H,3-7H2,1-2H3,(H,17,18). The Labute approximate surface area is 117 Å². The molecule has 7 heteroatoms. The summed E-state index contributed by atoms with van der Waals surface area (Å²) in [4.78, 5) is 11.3. The van der Waals surface area contributed by atoms with Crippen LogP contribution in [0.2, 0.25) is 0 Å². The van der Waals surface area contributed by atoms with Gasteiger partial charge in [0.15, 0.2) is 5.82 Å². The van der Waals surface area contributed by atoms with Crippen LogP contribution < -0.4 is 0 Å². The number of hydrogen-bond donors (Lipinski definition) is 1. The van der Waals surface area contributed by atoms with E-state index in [-0.39, 0.29) is 0 Å². The van der Waals surface area contributed by atoms with E-state index in [1.807, 2.05) is 25.6 Å². The first-order valence-corrected chi connectivity index (χ1v) is 7.80. The number of carboxylic acids is 1. The molecule has 2 heterocycles. The minimum absolute atomic E-state index is 0.350. The van der Waals surface area contributed by atoms with Gasteiger partial charge >= 0.3 is 5.97 Å². The summed E-state index contributed by atoms with van der Waals surface area (Å²) < 4.78 is 1.69. The summed E-state index contributed by atoms with van der Waals surface area (Å²) >= 11 is 1.90. The van der Waals surface area contributed by atoms with Gasteiger partial charge in [0.1, 0.15) is 0 Å². The summed E-state index contributed by atoms with van der Waals surface area (Å²) in [7, 11) is 0. The summed E-state index contributed by atoms with van der Waals surface area (Å²) in [6.45, 7) is 4.44. The summed E-state index contributed by atoms with van der Waals surface area (Å²) in [5.74, 6) is 2.54. The van der Waals surface area contributed by atoms with Gasteiger partial charge < -0.3 is 5.11 Å². The van der Waals surface area contributed by atoms with Crippen molar-refractivity contribution in [3.05, 3.63) is 5.82 Å². The van der Waals surface area contributed by atoms with Crippen molar-refractivity contribution < 1.29 is 9.90 Å². The number of aromatic nitrogens is 4. The number of thioether (sulfide) groups is 1. The van der Waals surface area contributed by atoms with Crippen molar-refractivity contribution in [3.8, 4) is 0 Å². The van der Waals surface area contributed by atoms with Crippen LogP contribution in [0.4, 0.5) is 0 Å². The maximum atomic E-state index is 11.3. The van der Waals surface area contributed by atoms with Crippen LogP contribution in [0.5, 0.6) is 0 Å². The molecule has 1 N–H and O–H groups in total. The molecule has 0 saturated carbocycles. The monoisotopic (exact) mass is 284 g/mol. The Kier molecular flexibility index (Phi) is 4.79. The molecule has 1 saturated heterocycles. The molecule has 0 aliphatic carbocycles.